The minimum Gasteiger partial charge on any atom is -0.456 e. The Hall–Kier alpha value is -1.55. The minimum atomic E-state index is 0.612. The van der Waals surface area contributed by atoms with Crippen LogP contribution in [0.25, 0.3) is 0 Å². The second-order valence-corrected chi connectivity index (χ2v) is 5.20. The van der Waals surface area contributed by atoms with Crippen molar-refractivity contribution in [2.75, 3.05) is 20.3 Å². The van der Waals surface area contributed by atoms with Gasteiger partial charge in [0, 0.05) is 20.2 Å². The van der Waals surface area contributed by atoms with Crippen molar-refractivity contribution in [3.63, 3.8) is 0 Å². The first-order valence-electron chi connectivity index (χ1n) is 6.92. The van der Waals surface area contributed by atoms with Crippen LogP contribution in [-0.4, -0.2) is 20.3 Å². The molecule has 0 amide bonds. The summed E-state index contributed by atoms with van der Waals surface area (Å²) in [6.07, 6.45) is 0. The fraction of sp³-hybridized carbons (Fsp3) is 0.294. The number of benzene rings is 2. The molecule has 0 spiro atoms. The Morgan fingerprint density at radius 2 is 1.95 bits per heavy atom. The van der Waals surface area contributed by atoms with Crippen LogP contribution in [0.4, 0.5) is 0 Å². The zero-order valence-electron chi connectivity index (χ0n) is 12.4. The van der Waals surface area contributed by atoms with Crippen LogP contribution in [0.15, 0.2) is 42.5 Å². The van der Waals surface area contributed by atoms with Gasteiger partial charge in [-0.2, -0.15) is 0 Å². The highest BCUT2D eigenvalue weighted by Crippen LogP contribution is 2.29. The van der Waals surface area contributed by atoms with E-state index in [9.17, 15) is 0 Å². The Morgan fingerprint density at radius 1 is 1.14 bits per heavy atom. The largest absolute Gasteiger partial charge is 0.456 e. The van der Waals surface area contributed by atoms with Gasteiger partial charge in [-0.05, 0) is 42.3 Å². The Morgan fingerprint density at radius 3 is 2.67 bits per heavy atom. The molecule has 0 bridgehead atoms. The van der Waals surface area contributed by atoms with E-state index in [1.54, 1.807) is 7.11 Å². The van der Waals surface area contributed by atoms with Crippen LogP contribution in [-0.2, 0) is 11.3 Å². The fourth-order valence-electron chi connectivity index (χ4n) is 1.98. The Bertz CT molecular complexity index is 587. The second-order valence-electron chi connectivity index (χ2n) is 4.79. The molecule has 112 valence electrons. The van der Waals surface area contributed by atoms with Gasteiger partial charge in [0.2, 0.25) is 0 Å². The summed E-state index contributed by atoms with van der Waals surface area (Å²) in [6, 6.07) is 13.5. The van der Waals surface area contributed by atoms with Gasteiger partial charge < -0.3 is 14.8 Å². The lowest BCUT2D eigenvalue weighted by molar-refractivity contribution is 0.199. The molecular weight excluding hydrogens is 286 g/mol. The van der Waals surface area contributed by atoms with Gasteiger partial charge in [0.15, 0.2) is 0 Å². The van der Waals surface area contributed by atoms with Crippen LogP contribution in [0, 0.1) is 6.92 Å². The number of aryl methyl sites for hydroxylation is 1. The van der Waals surface area contributed by atoms with Gasteiger partial charge in [0.1, 0.15) is 11.5 Å². The molecule has 0 aliphatic carbocycles. The van der Waals surface area contributed by atoms with E-state index in [1.165, 1.54) is 11.1 Å². The number of rotatable bonds is 7. The number of hydrogen-bond donors (Lipinski definition) is 1. The summed E-state index contributed by atoms with van der Waals surface area (Å²) in [4.78, 5) is 0. The first-order chi connectivity index (χ1) is 10.2. The molecule has 2 aromatic carbocycles. The molecule has 0 aliphatic rings. The van der Waals surface area contributed by atoms with Crippen LogP contribution in [0.2, 0.25) is 5.02 Å². The van der Waals surface area contributed by atoms with Crippen LogP contribution in [0.5, 0.6) is 11.5 Å². The van der Waals surface area contributed by atoms with Gasteiger partial charge in [-0.3, -0.25) is 0 Å². The third-order valence-corrected chi connectivity index (χ3v) is 3.49. The maximum Gasteiger partial charge on any atom is 0.146 e. The third kappa shape index (κ3) is 4.74. The highest BCUT2D eigenvalue weighted by atomic mass is 35.5. The Labute approximate surface area is 130 Å². The lowest BCUT2D eigenvalue weighted by Crippen LogP contribution is -2.19. The van der Waals surface area contributed by atoms with E-state index in [0.717, 1.165) is 18.8 Å². The van der Waals surface area contributed by atoms with E-state index in [1.807, 2.05) is 36.4 Å². The van der Waals surface area contributed by atoms with E-state index in [4.69, 9.17) is 21.1 Å². The molecule has 0 fully saturated rings. The van der Waals surface area contributed by atoms with Gasteiger partial charge in [-0.15, -0.1) is 0 Å². The van der Waals surface area contributed by atoms with Gasteiger partial charge in [0.05, 0.1) is 11.6 Å². The zero-order valence-corrected chi connectivity index (χ0v) is 13.1. The predicted octanol–water partition coefficient (Wildman–Crippen LogP) is 4.18. The molecule has 0 unspecified atom stereocenters. The smallest absolute Gasteiger partial charge is 0.146 e. The summed E-state index contributed by atoms with van der Waals surface area (Å²) in [5, 5.41) is 3.95. The summed E-state index contributed by atoms with van der Waals surface area (Å²) in [6.45, 7) is 4.45. The molecule has 0 radical (unpaired) electrons. The average Bonchev–Trinajstić information content (AvgIpc) is 2.48. The highest BCUT2D eigenvalue weighted by Gasteiger charge is 2.04. The number of hydrogen-bond acceptors (Lipinski definition) is 3. The van der Waals surface area contributed by atoms with Crippen molar-refractivity contribution in [1.29, 1.82) is 0 Å². The van der Waals surface area contributed by atoms with E-state index < -0.39 is 0 Å². The lowest BCUT2D eigenvalue weighted by atomic mass is 10.1. The Balaban J connectivity index is 2.00. The van der Waals surface area contributed by atoms with Crippen molar-refractivity contribution in [3.8, 4) is 11.5 Å². The number of ether oxygens (including phenoxy) is 2. The van der Waals surface area contributed by atoms with Gasteiger partial charge >= 0.3 is 0 Å². The van der Waals surface area contributed by atoms with E-state index in [-0.39, 0.29) is 0 Å². The summed E-state index contributed by atoms with van der Waals surface area (Å²) < 4.78 is 10.8. The quantitative estimate of drug-likeness (QED) is 0.779. The molecular formula is C17H20ClNO2. The number of halogens is 1. The van der Waals surface area contributed by atoms with Crippen LogP contribution < -0.4 is 10.1 Å². The monoisotopic (exact) mass is 305 g/mol. The predicted molar refractivity (Wildman–Crippen MR) is 86.3 cm³/mol. The standard InChI is InChI=1S/C17H20ClNO2/c1-13-11-15(21-17-6-4-3-5-16(17)18)8-7-14(13)12-19-9-10-20-2/h3-8,11,19H,9-10,12H2,1-2H3. The number of nitrogens with one attached hydrogen (secondary N) is 1. The highest BCUT2D eigenvalue weighted by molar-refractivity contribution is 6.32. The van der Waals surface area contributed by atoms with Crippen LogP contribution >= 0.6 is 11.6 Å². The molecule has 1 N–H and O–H groups in total. The summed E-state index contributed by atoms with van der Waals surface area (Å²) >= 11 is 6.10. The van der Waals surface area contributed by atoms with Gasteiger partial charge in [0.25, 0.3) is 0 Å². The zero-order chi connectivity index (χ0) is 15.1. The van der Waals surface area contributed by atoms with E-state index in [0.29, 0.717) is 17.4 Å². The maximum absolute atomic E-state index is 6.10. The molecule has 0 saturated carbocycles. The molecule has 0 aromatic heterocycles. The minimum absolute atomic E-state index is 0.612. The number of para-hydroxylation sites is 1. The molecule has 2 rings (SSSR count). The van der Waals surface area contributed by atoms with Crippen molar-refractivity contribution in [1.82, 2.24) is 5.32 Å². The number of methoxy groups -OCH3 is 1. The average molecular weight is 306 g/mol. The SMILES string of the molecule is COCCNCc1ccc(Oc2ccccc2Cl)cc1C. The second kappa shape index (κ2) is 8.03. The van der Waals surface area contributed by atoms with Crippen molar-refractivity contribution in [3.05, 3.63) is 58.6 Å². The van der Waals surface area contributed by atoms with Crippen molar-refractivity contribution >= 4 is 11.6 Å². The van der Waals surface area contributed by atoms with Crippen LogP contribution in [0.1, 0.15) is 11.1 Å². The van der Waals surface area contributed by atoms with Crippen molar-refractivity contribution < 1.29 is 9.47 Å². The third-order valence-electron chi connectivity index (χ3n) is 3.18. The van der Waals surface area contributed by atoms with Crippen LogP contribution in [0.3, 0.4) is 0 Å². The molecule has 2 aromatic rings. The topological polar surface area (TPSA) is 30.5 Å². The lowest BCUT2D eigenvalue weighted by Gasteiger charge is -2.11. The van der Waals surface area contributed by atoms with E-state index in [2.05, 4.69) is 18.3 Å². The van der Waals surface area contributed by atoms with E-state index >= 15 is 0 Å². The molecule has 0 heterocycles. The molecule has 4 heteroatoms. The van der Waals surface area contributed by atoms with Crippen molar-refractivity contribution in [2.24, 2.45) is 0 Å². The molecule has 0 aliphatic heterocycles. The summed E-state index contributed by atoms with van der Waals surface area (Å²) in [5.41, 5.74) is 2.43. The first-order valence-corrected chi connectivity index (χ1v) is 7.30. The fourth-order valence-corrected chi connectivity index (χ4v) is 2.16. The normalized spacial score (nSPS) is 10.6. The Kier molecular flexibility index (Phi) is 6.05. The molecule has 3 nitrogen and oxygen atoms in total. The molecule has 21 heavy (non-hydrogen) atoms. The van der Waals surface area contributed by atoms with Crippen molar-refractivity contribution in [2.45, 2.75) is 13.5 Å². The van der Waals surface area contributed by atoms with Gasteiger partial charge in [-0.1, -0.05) is 29.8 Å². The summed E-state index contributed by atoms with van der Waals surface area (Å²) in [7, 11) is 1.70. The molecule has 0 saturated heterocycles. The summed E-state index contributed by atoms with van der Waals surface area (Å²) in [5.74, 6) is 1.46. The van der Waals surface area contributed by atoms with Gasteiger partial charge in [-0.25, -0.2) is 0 Å². The maximum atomic E-state index is 6.10. The molecule has 0 atom stereocenters. The first kappa shape index (κ1) is 15.8.